The second-order valence-corrected chi connectivity index (χ2v) is 6.67. The van der Waals surface area contributed by atoms with E-state index in [0.717, 1.165) is 25.7 Å². The van der Waals surface area contributed by atoms with Crippen LogP contribution in [0.1, 0.15) is 66.2 Å². The third kappa shape index (κ3) is 4.06. The van der Waals surface area contributed by atoms with Crippen LogP contribution in [-0.2, 0) is 0 Å². The molecule has 0 unspecified atom stereocenters. The molecule has 16 heavy (non-hydrogen) atoms. The Labute approximate surface area is 100 Å². The average Bonchev–Trinajstić information content (AvgIpc) is 2.09. The molecule has 0 aromatic heterocycles. The Bertz CT molecular complexity index is 193. The molecule has 2 heteroatoms. The van der Waals surface area contributed by atoms with Gasteiger partial charge in [-0.15, -0.1) is 0 Å². The predicted molar refractivity (Wildman–Crippen MR) is 67.3 cm³/mol. The molecule has 1 rings (SSSR count). The Balaban J connectivity index is 2.28. The standard InChI is InChI=1S/C14H28O2/c1-11(2)5-7-13(15)9-14(16,10-13)8-6-12(3)4/h11-12,15-16H,5-10H2,1-4H3. The molecule has 2 nitrogen and oxygen atoms in total. The van der Waals surface area contributed by atoms with E-state index in [-0.39, 0.29) is 0 Å². The quantitative estimate of drug-likeness (QED) is 0.733. The molecule has 0 spiro atoms. The molecule has 1 aliphatic carbocycles. The highest BCUT2D eigenvalue weighted by Gasteiger charge is 2.51. The first kappa shape index (κ1) is 14.0. The van der Waals surface area contributed by atoms with E-state index in [9.17, 15) is 10.2 Å². The molecule has 1 fully saturated rings. The summed E-state index contributed by atoms with van der Waals surface area (Å²) < 4.78 is 0. The van der Waals surface area contributed by atoms with Gasteiger partial charge in [-0.3, -0.25) is 0 Å². The van der Waals surface area contributed by atoms with Gasteiger partial charge in [-0.1, -0.05) is 27.7 Å². The minimum Gasteiger partial charge on any atom is -0.390 e. The monoisotopic (exact) mass is 228 g/mol. The van der Waals surface area contributed by atoms with Gasteiger partial charge in [0, 0.05) is 12.8 Å². The topological polar surface area (TPSA) is 40.5 Å². The minimum atomic E-state index is -0.573. The van der Waals surface area contributed by atoms with E-state index in [0.29, 0.717) is 24.7 Å². The smallest absolute Gasteiger partial charge is 0.0702 e. The fourth-order valence-electron chi connectivity index (χ4n) is 2.64. The van der Waals surface area contributed by atoms with Crippen LogP contribution in [0.15, 0.2) is 0 Å². The molecule has 0 saturated heterocycles. The summed E-state index contributed by atoms with van der Waals surface area (Å²) in [5.74, 6) is 1.27. The highest BCUT2D eigenvalue weighted by Crippen LogP contribution is 2.47. The lowest BCUT2D eigenvalue weighted by Crippen LogP contribution is -2.56. The second kappa shape index (κ2) is 5.05. The summed E-state index contributed by atoms with van der Waals surface area (Å²) in [4.78, 5) is 0. The fourth-order valence-corrected chi connectivity index (χ4v) is 2.64. The summed E-state index contributed by atoms with van der Waals surface area (Å²) in [5.41, 5.74) is -1.15. The molecular formula is C14H28O2. The van der Waals surface area contributed by atoms with Crippen LogP contribution in [0.5, 0.6) is 0 Å². The van der Waals surface area contributed by atoms with Crippen molar-refractivity contribution in [3.8, 4) is 0 Å². The molecule has 0 aliphatic heterocycles. The predicted octanol–water partition coefficient (Wildman–Crippen LogP) is 3.11. The Morgan fingerprint density at radius 2 is 1.12 bits per heavy atom. The summed E-state index contributed by atoms with van der Waals surface area (Å²) in [6, 6.07) is 0. The van der Waals surface area contributed by atoms with Gasteiger partial charge in [-0.2, -0.15) is 0 Å². The van der Waals surface area contributed by atoms with Gasteiger partial charge in [0.15, 0.2) is 0 Å². The van der Waals surface area contributed by atoms with Gasteiger partial charge >= 0.3 is 0 Å². The average molecular weight is 228 g/mol. The fraction of sp³-hybridized carbons (Fsp3) is 1.00. The lowest BCUT2D eigenvalue weighted by atomic mass is 9.63. The molecule has 0 atom stereocenters. The van der Waals surface area contributed by atoms with E-state index in [1.54, 1.807) is 0 Å². The zero-order valence-electron chi connectivity index (χ0n) is 11.3. The summed E-state index contributed by atoms with van der Waals surface area (Å²) in [6.45, 7) is 8.69. The third-order valence-electron chi connectivity index (χ3n) is 3.69. The number of aliphatic hydroxyl groups is 2. The SMILES string of the molecule is CC(C)CCC1(O)CC(O)(CCC(C)C)C1. The van der Waals surface area contributed by atoms with Crippen molar-refractivity contribution >= 4 is 0 Å². The number of rotatable bonds is 6. The Kier molecular flexibility index (Phi) is 4.42. The molecule has 0 radical (unpaired) electrons. The zero-order chi connectivity index (χ0) is 12.4. The van der Waals surface area contributed by atoms with Crippen molar-refractivity contribution in [3.05, 3.63) is 0 Å². The molecular weight excluding hydrogens is 200 g/mol. The van der Waals surface area contributed by atoms with Crippen molar-refractivity contribution < 1.29 is 10.2 Å². The Morgan fingerprint density at radius 1 is 0.812 bits per heavy atom. The minimum absolute atomic E-state index is 0.573. The molecule has 0 bridgehead atoms. The van der Waals surface area contributed by atoms with E-state index >= 15 is 0 Å². The van der Waals surface area contributed by atoms with Gasteiger partial charge in [0.1, 0.15) is 0 Å². The maximum Gasteiger partial charge on any atom is 0.0702 e. The maximum absolute atomic E-state index is 10.2. The third-order valence-corrected chi connectivity index (χ3v) is 3.69. The van der Waals surface area contributed by atoms with Crippen LogP contribution in [0, 0.1) is 11.8 Å². The molecule has 0 amide bonds. The highest BCUT2D eigenvalue weighted by molar-refractivity contribution is 5.04. The van der Waals surface area contributed by atoms with Gasteiger partial charge < -0.3 is 10.2 Å². The van der Waals surface area contributed by atoms with Crippen molar-refractivity contribution in [2.24, 2.45) is 11.8 Å². The lowest BCUT2D eigenvalue weighted by molar-refractivity contribution is -0.188. The van der Waals surface area contributed by atoms with Gasteiger partial charge in [0.05, 0.1) is 11.2 Å². The summed E-state index contributed by atoms with van der Waals surface area (Å²) in [7, 11) is 0. The van der Waals surface area contributed by atoms with Crippen molar-refractivity contribution in [2.45, 2.75) is 77.4 Å². The zero-order valence-corrected chi connectivity index (χ0v) is 11.3. The van der Waals surface area contributed by atoms with E-state index in [1.165, 1.54) is 0 Å². The maximum atomic E-state index is 10.2. The van der Waals surface area contributed by atoms with E-state index in [2.05, 4.69) is 27.7 Å². The summed E-state index contributed by atoms with van der Waals surface area (Å²) >= 11 is 0. The van der Waals surface area contributed by atoms with Crippen LogP contribution >= 0.6 is 0 Å². The second-order valence-electron chi connectivity index (χ2n) is 6.67. The van der Waals surface area contributed by atoms with Crippen molar-refractivity contribution in [1.29, 1.82) is 0 Å². The van der Waals surface area contributed by atoms with Gasteiger partial charge in [0.2, 0.25) is 0 Å². The first-order chi connectivity index (χ1) is 7.25. The highest BCUT2D eigenvalue weighted by atomic mass is 16.3. The van der Waals surface area contributed by atoms with Crippen molar-refractivity contribution in [3.63, 3.8) is 0 Å². The van der Waals surface area contributed by atoms with Crippen LogP contribution in [0.4, 0.5) is 0 Å². The van der Waals surface area contributed by atoms with Crippen LogP contribution in [0.25, 0.3) is 0 Å². The largest absolute Gasteiger partial charge is 0.390 e. The van der Waals surface area contributed by atoms with Crippen LogP contribution in [0.2, 0.25) is 0 Å². The molecule has 96 valence electrons. The Morgan fingerprint density at radius 3 is 1.38 bits per heavy atom. The molecule has 1 aliphatic rings. The first-order valence-corrected chi connectivity index (χ1v) is 6.69. The van der Waals surface area contributed by atoms with E-state index in [4.69, 9.17) is 0 Å². The van der Waals surface area contributed by atoms with Gasteiger partial charge in [0.25, 0.3) is 0 Å². The number of hydrogen-bond donors (Lipinski definition) is 2. The summed E-state index contributed by atoms with van der Waals surface area (Å²) in [5, 5.41) is 20.4. The van der Waals surface area contributed by atoms with E-state index in [1.807, 2.05) is 0 Å². The van der Waals surface area contributed by atoms with Crippen LogP contribution in [-0.4, -0.2) is 21.4 Å². The lowest BCUT2D eigenvalue weighted by Gasteiger charge is -2.51. The van der Waals surface area contributed by atoms with Crippen LogP contribution < -0.4 is 0 Å². The number of hydrogen-bond acceptors (Lipinski definition) is 2. The summed E-state index contributed by atoms with van der Waals surface area (Å²) in [6.07, 6.45) is 4.95. The van der Waals surface area contributed by atoms with E-state index < -0.39 is 11.2 Å². The molecule has 0 aromatic carbocycles. The van der Waals surface area contributed by atoms with Crippen LogP contribution in [0.3, 0.4) is 0 Å². The molecule has 1 saturated carbocycles. The Hall–Kier alpha value is -0.0800. The van der Waals surface area contributed by atoms with Crippen molar-refractivity contribution in [1.82, 2.24) is 0 Å². The van der Waals surface area contributed by atoms with Gasteiger partial charge in [-0.05, 0) is 37.5 Å². The van der Waals surface area contributed by atoms with Crippen molar-refractivity contribution in [2.75, 3.05) is 0 Å². The first-order valence-electron chi connectivity index (χ1n) is 6.69. The molecule has 0 heterocycles. The van der Waals surface area contributed by atoms with Gasteiger partial charge in [-0.25, -0.2) is 0 Å². The molecule has 2 N–H and O–H groups in total. The normalized spacial score (nSPS) is 34.5. The molecule has 0 aromatic rings.